The summed E-state index contributed by atoms with van der Waals surface area (Å²) in [6.07, 6.45) is 2.24. The highest BCUT2D eigenvalue weighted by atomic mass is 14.5. The normalized spacial score (nSPS) is 12.3. The van der Waals surface area contributed by atoms with Crippen molar-refractivity contribution in [1.82, 2.24) is 0 Å². The van der Waals surface area contributed by atoms with Crippen molar-refractivity contribution in [2.45, 2.75) is 34.6 Å². The lowest BCUT2D eigenvalue weighted by atomic mass is 9.95. The standard InChI is InChI=1S/C15H23N/c1-10(2)15(9-16)8-14-7-12(4)11(3)6-13(14)5/h6-8,10H,9,16H2,1-5H3. The van der Waals surface area contributed by atoms with E-state index in [1.54, 1.807) is 0 Å². The summed E-state index contributed by atoms with van der Waals surface area (Å²) in [7, 11) is 0. The van der Waals surface area contributed by atoms with Crippen molar-refractivity contribution in [3.63, 3.8) is 0 Å². The number of hydrogen-bond donors (Lipinski definition) is 1. The molecule has 1 rings (SSSR count). The van der Waals surface area contributed by atoms with Gasteiger partial charge in [0, 0.05) is 6.54 Å². The molecule has 1 heteroatoms. The number of rotatable bonds is 3. The van der Waals surface area contributed by atoms with Gasteiger partial charge in [-0.2, -0.15) is 0 Å². The van der Waals surface area contributed by atoms with Crippen molar-refractivity contribution >= 4 is 6.08 Å². The van der Waals surface area contributed by atoms with Gasteiger partial charge in [0.15, 0.2) is 0 Å². The summed E-state index contributed by atoms with van der Waals surface area (Å²) in [5.74, 6) is 0.519. The largest absolute Gasteiger partial charge is 0.327 e. The summed E-state index contributed by atoms with van der Waals surface area (Å²) >= 11 is 0. The van der Waals surface area contributed by atoms with E-state index in [9.17, 15) is 0 Å². The van der Waals surface area contributed by atoms with E-state index in [2.05, 4.69) is 52.8 Å². The molecule has 0 spiro atoms. The first kappa shape index (κ1) is 13.0. The van der Waals surface area contributed by atoms with Crippen molar-refractivity contribution in [3.05, 3.63) is 40.0 Å². The molecule has 0 radical (unpaired) electrons. The van der Waals surface area contributed by atoms with E-state index in [0.717, 1.165) is 0 Å². The molecule has 0 unspecified atom stereocenters. The second-order valence-corrected chi connectivity index (χ2v) is 4.87. The first-order chi connectivity index (χ1) is 7.45. The molecule has 1 aromatic carbocycles. The fourth-order valence-corrected chi connectivity index (χ4v) is 1.80. The SMILES string of the molecule is Cc1cc(C)c(C=C(CN)C(C)C)cc1C. The van der Waals surface area contributed by atoms with E-state index in [-0.39, 0.29) is 0 Å². The smallest absolute Gasteiger partial charge is 0.0142 e. The van der Waals surface area contributed by atoms with E-state index < -0.39 is 0 Å². The lowest BCUT2D eigenvalue weighted by molar-refractivity contribution is 0.752. The van der Waals surface area contributed by atoms with Gasteiger partial charge in [0.05, 0.1) is 0 Å². The lowest BCUT2D eigenvalue weighted by Gasteiger charge is -2.11. The summed E-state index contributed by atoms with van der Waals surface area (Å²) in [6, 6.07) is 4.50. The average Bonchev–Trinajstić information content (AvgIpc) is 2.21. The molecular weight excluding hydrogens is 194 g/mol. The fourth-order valence-electron chi connectivity index (χ4n) is 1.80. The Morgan fingerprint density at radius 1 is 1.12 bits per heavy atom. The molecule has 0 fully saturated rings. The Hall–Kier alpha value is -1.08. The Morgan fingerprint density at radius 3 is 2.19 bits per heavy atom. The van der Waals surface area contributed by atoms with Crippen molar-refractivity contribution in [1.29, 1.82) is 0 Å². The van der Waals surface area contributed by atoms with Gasteiger partial charge in [-0.1, -0.05) is 37.6 Å². The van der Waals surface area contributed by atoms with Crippen LogP contribution in [0.15, 0.2) is 17.7 Å². The summed E-state index contributed by atoms with van der Waals surface area (Å²) in [5, 5.41) is 0. The van der Waals surface area contributed by atoms with Crippen LogP contribution < -0.4 is 5.73 Å². The third kappa shape index (κ3) is 2.96. The molecule has 0 amide bonds. The van der Waals surface area contributed by atoms with Gasteiger partial charge in [-0.05, 0) is 48.9 Å². The summed E-state index contributed by atoms with van der Waals surface area (Å²) in [6.45, 7) is 11.5. The zero-order valence-corrected chi connectivity index (χ0v) is 11.1. The Bertz CT molecular complexity index is 400. The summed E-state index contributed by atoms with van der Waals surface area (Å²) < 4.78 is 0. The summed E-state index contributed by atoms with van der Waals surface area (Å²) in [4.78, 5) is 0. The minimum Gasteiger partial charge on any atom is -0.327 e. The van der Waals surface area contributed by atoms with Crippen LogP contribution >= 0.6 is 0 Å². The Kier molecular flexibility index (Phi) is 4.31. The van der Waals surface area contributed by atoms with Crippen LogP contribution in [0.4, 0.5) is 0 Å². The van der Waals surface area contributed by atoms with Crippen LogP contribution in [0.25, 0.3) is 6.08 Å². The van der Waals surface area contributed by atoms with Crippen molar-refractivity contribution in [2.24, 2.45) is 11.7 Å². The minimum absolute atomic E-state index is 0.519. The van der Waals surface area contributed by atoms with E-state index in [1.165, 1.54) is 27.8 Å². The molecule has 0 saturated carbocycles. The zero-order valence-electron chi connectivity index (χ0n) is 11.1. The van der Waals surface area contributed by atoms with Crippen LogP contribution in [-0.2, 0) is 0 Å². The average molecular weight is 217 g/mol. The third-order valence-corrected chi connectivity index (χ3v) is 3.20. The monoisotopic (exact) mass is 217 g/mol. The van der Waals surface area contributed by atoms with Crippen LogP contribution in [0.1, 0.15) is 36.1 Å². The third-order valence-electron chi connectivity index (χ3n) is 3.20. The molecule has 2 N–H and O–H groups in total. The Balaban J connectivity index is 3.18. The molecule has 0 aliphatic heterocycles. The van der Waals surface area contributed by atoms with Crippen molar-refractivity contribution in [2.75, 3.05) is 6.54 Å². The van der Waals surface area contributed by atoms with E-state index in [1.807, 2.05) is 0 Å². The lowest BCUT2D eigenvalue weighted by Crippen LogP contribution is -2.08. The van der Waals surface area contributed by atoms with Gasteiger partial charge in [0.1, 0.15) is 0 Å². The zero-order chi connectivity index (χ0) is 12.3. The summed E-state index contributed by atoms with van der Waals surface area (Å²) in [5.41, 5.74) is 12.4. The highest BCUT2D eigenvalue weighted by molar-refractivity contribution is 5.59. The molecule has 0 saturated heterocycles. The first-order valence-electron chi connectivity index (χ1n) is 5.94. The second-order valence-electron chi connectivity index (χ2n) is 4.87. The van der Waals surface area contributed by atoms with Gasteiger partial charge < -0.3 is 5.73 Å². The van der Waals surface area contributed by atoms with E-state index >= 15 is 0 Å². The molecule has 0 aliphatic carbocycles. The van der Waals surface area contributed by atoms with Crippen LogP contribution in [-0.4, -0.2) is 6.54 Å². The molecule has 1 aromatic rings. The maximum atomic E-state index is 5.77. The highest BCUT2D eigenvalue weighted by Crippen LogP contribution is 2.20. The minimum atomic E-state index is 0.519. The predicted octanol–water partition coefficient (Wildman–Crippen LogP) is 3.61. The van der Waals surface area contributed by atoms with Gasteiger partial charge in [0.25, 0.3) is 0 Å². The topological polar surface area (TPSA) is 26.0 Å². The van der Waals surface area contributed by atoms with Crippen LogP contribution in [0.2, 0.25) is 0 Å². The Morgan fingerprint density at radius 2 is 1.69 bits per heavy atom. The number of hydrogen-bond acceptors (Lipinski definition) is 1. The van der Waals surface area contributed by atoms with Crippen LogP contribution in [0.5, 0.6) is 0 Å². The highest BCUT2D eigenvalue weighted by Gasteiger charge is 2.04. The molecule has 1 nitrogen and oxygen atoms in total. The van der Waals surface area contributed by atoms with Gasteiger partial charge in [-0.15, -0.1) is 0 Å². The molecule has 0 bridgehead atoms. The molecule has 0 aromatic heterocycles. The maximum Gasteiger partial charge on any atom is 0.0142 e. The number of aryl methyl sites for hydroxylation is 3. The fraction of sp³-hybridized carbons (Fsp3) is 0.467. The van der Waals surface area contributed by atoms with Gasteiger partial charge in [0.2, 0.25) is 0 Å². The van der Waals surface area contributed by atoms with Gasteiger partial charge in [-0.25, -0.2) is 0 Å². The number of nitrogens with two attached hydrogens (primary N) is 1. The molecular formula is C15H23N. The van der Waals surface area contributed by atoms with Crippen molar-refractivity contribution in [3.8, 4) is 0 Å². The maximum absolute atomic E-state index is 5.77. The molecule has 0 aliphatic rings. The van der Waals surface area contributed by atoms with Crippen LogP contribution in [0, 0.1) is 26.7 Å². The quantitative estimate of drug-likeness (QED) is 0.822. The molecule has 0 heterocycles. The van der Waals surface area contributed by atoms with E-state index in [0.29, 0.717) is 12.5 Å². The Labute approximate surface area is 99.4 Å². The van der Waals surface area contributed by atoms with Gasteiger partial charge >= 0.3 is 0 Å². The van der Waals surface area contributed by atoms with Gasteiger partial charge in [-0.3, -0.25) is 0 Å². The molecule has 0 atom stereocenters. The number of benzene rings is 1. The predicted molar refractivity (Wildman–Crippen MR) is 72.5 cm³/mol. The van der Waals surface area contributed by atoms with Crippen molar-refractivity contribution < 1.29 is 0 Å². The first-order valence-corrected chi connectivity index (χ1v) is 5.94. The molecule has 16 heavy (non-hydrogen) atoms. The second kappa shape index (κ2) is 5.31. The van der Waals surface area contributed by atoms with E-state index in [4.69, 9.17) is 5.73 Å². The van der Waals surface area contributed by atoms with Crippen LogP contribution in [0.3, 0.4) is 0 Å². The molecule has 88 valence electrons.